The second kappa shape index (κ2) is 20.5. The van der Waals surface area contributed by atoms with Gasteiger partial charge in [0.25, 0.3) is 0 Å². The summed E-state index contributed by atoms with van der Waals surface area (Å²) in [5.41, 5.74) is 26.6. The van der Waals surface area contributed by atoms with Gasteiger partial charge >= 0.3 is 16.5 Å². The van der Waals surface area contributed by atoms with Crippen LogP contribution in [0.4, 0.5) is 0 Å². The minimum absolute atomic E-state index is 0.00475. The lowest BCUT2D eigenvalue weighted by molar-refractivity contribution is 0.371. The van der Waals surface area contributed by atoms with Gasteiger partial charge in [0.05, 0.1) is 0 Å². The fourth-order valence-electron chi connectivity index (χ4n) is 10.7. The van der Waals surface area contributed by atoms with Crippen LogP contribution >= 0.6 is 16.5 Å². The third-order valence-electron chi connectivity index (χ3n) is 15.0. The number of hydrogen-bond acceptors (Lipinski definition) is 3. The fraction of sp³-hybridized carbons (Fsp3) is 0.471. The van der Waals surface area contributed by atoms with Gasteiger partial charge in [-0.25, -0.2) is 4.31 Å². The molecule has 2 unspecified atom stereocenters. The molecule has 0 bridgehead atoms. The molecule has 7 rings (SSSR count). The lowest BCUT2D eigenvalue weighted by Crippen LogP contribution is -2.21. The van der Waals surface area contributed by atoms with Crippen LogP contribution in [0.2, 0.25) is 0 Å². The van der Waals surface area contributed by atoms with Crippen LogP contribution in [0, 0.1) is 0 Å². The zero-order chi connectivity index (χ0) is 56.7. The molecular weight excluding hydrogens is 959 g/mol. The third-order valence-corrected chi connectivity index (χ3v) is 16.4. The van der Waals surface area contributed by atoms with Crippen LogP contribution in [0.5, 0.6) is 0 Å². The molecule has 0 spiro atoms. The van der Waals surface area contributed by atoms with Gasteiger partial charge in [0.2, 0.25) is 0 Å². The van der Waals surface area contributed by atoms with E-state index in [1.807, 2.05) is 0 Å². The summed E-state index contributed by atoms with van der Waals surface area (Å²) in [5.74, 6) is 0. The van der Waals surface area contributed by atoms with Crippen molar-refractivity contribution in [2.75, 3.05) is 0 Å². The molecule has 0 aromatic heterocycles. The van der Waals surface area contributed by atoms with Gasteiger partial charge in [0.15, 0.2) is 0 Å². The highest BCUT2D eigenvalue weighted by atomic mass is 31.2. The molecule has 0 heterocycles. The molecule has 404 valence electrons. The Morgan fingerprint density at radius 1 is 0.280 bits per heavy atom. The molecule has 2 N–H and O–H groups in total. The second-order valence-electron chi connectivity index (χ2n) is 29.5. The van der Waals surface area contributed by atoms with Crippen molar-refractivity contribution in [2.24, 2.45) is 0 Å². The van der Waals surface area contributed by atoms with Gasteiger partial charge in [0.1, 0.15) is 0 Å². The van der Waals surface area contributed by atoms with Crippen LogP contribution in [-0.2, 0) is 56.8 Å². The average molecular weight is 1050 g/mol. The highest BCUT2D eigenvalue weighted by molar-refractivity contribution is 7.46. The van der Waals surface area contributed by atoms with Gasteiger partial charge < -0.3 is 9.79 Å². The maximum atomic E-state index is 9.44. The summed E-state index contributed by atoms with van der Waals surface area (Å²) in [4.78, 5) is 15.4. The van der Waals surface area contributed by atoms with Gasteiger partial charge in [-0.2, -0.15) is 0 Å². The summed E-state index contributed by atoms with van der Waals surface area (Å²) in [6, 6.07) is 39.4. The lowest BCUT2D eigenvalue weighted by Gasteiger charge is -2.40. The molecule has 0 radical (unpaired) electrons. The molecule has 5 nitrogen and oxygen atoms in total. The molecule has 1 aliphatic carbocycles. The molecule has 2 atom stereocenters. The molecule has 0 fully saturated rings. The molecule has 0 aliphatic heterocycles. The maximum Gasteiger partial charge on any atom is 0.323 e. The Bertz CT molecular complexity index is 2970. The van der Waals surface area contributed by atoms with E-state index in [1.54, 1.807) is 0 Å². The van der Waals surface area contributed by atoms with E-state index in [9.17, 15) is 9.13 Å². The second-order valence-corrected chi connectivity index (χ2v) is 31.4. The van der Waals surface area contributed by atoms with Crippen LogP contribution in [0.3, 0.4) is 0 Å². The standard InChI is InChI=1S/C68H88.H4O5P2/c1-61(2,3)41-29-33-47(51(37-41)65(13,14)15)57-55-45-27-25-26-28-46(45)56(55)58(48-34-30-42(62(4,5)6)38-52(48)66(16,17)18)60(50-36-32-44(64(10,11)12)40-54(50)68(22,23)24)59(57)49-35-31-43(63(7,8)9)39-53(49)67(19,20)21;1-6(2)5-7(3)4/h25-40H,1-24H3;6-7H,(H,1,2)(H,3,4). The molecule has 75 heavy (non-hydrogen) atoms. The Kier molecular flexibility index (Phi) is 16.3. The van der Waals surface area contributed by atoms with Crippen LogP contribution < -0.4 is 0 Å². The largest absolute Gasteiger partial charge is 0.326 e. The number of hydrogen-bond donors (Lipinski definition) is 2. The van der Waals surface area contributed by atoms with Crippen LogP contribution in [-0.4, -0.2) is 9.79 Å². The first kappa shape index (κ1) is 59.9. The van der Waals surface area contributed by atoms with E-state index < -0.39 is 16.5 Å². The van der Waals surface area contributed by atoms with Crippen LogP contribution in [0.25, 0.3) is 66.8 Å². The van der Waals surface area contributed by atoms with Crippen molar-refractivity contribution >= 4 is 16.5 Å². The quantitative estimate of drug-likeness (QED) is 0.162. The lowest BCUT2D eigenvalue weighted by atomic mass is 9.63. The van der Waals surface area contributed by atoms with Crippen molar-refractivity contribution in [3.05, 3.63) is 142 Å². The van der Waals surface area contributed by atoms with Gasteiger partial charge in [0, 0.05) is 0 Å². The topological polar surface area (TPSA) is 83.8 Å². The molecule has 7 heteroatoms. The Balaban J connectivity index is 0.00000122. The van der Waals surface area contributed by atoms with Crippen molar-refractivity contribution in [3.63, 3.8) is 0 Å². The monoisotopic (exact) mass is 1050 g/mol. The van der Waals surface area contributed by atoms with Gasteiger partial charge in [-0.3, -0.25) is 9.13 Å². The predicted octanol–water partition coefficient (Wildman–Crippen LogP) is 20.1. The predicted molar refractivity (Wildman–Crippen MR) is 326 cm³/mol. The first-order valence-electron chi connectivity index (χ1n) is 27.0. The molecular formula is C68H92O5P2. The summed E-state index contributed by atoms with van der Waals surface area (Å²) >= 11 is 0. The van der Waals surface area contributed by atoms with Crippen molar-refractivity contribution in [1.29, 1.82) is 0 Å². The zero-order valence-corrected chi connectivity index (χ0v) is 52.4. The molecule has 0 saturated carbocycles. The maximum absolute atomic E-state index is 9.44. The highest BCUT2D eigenvalue weighted by Gasteiger charge is 2.41. The Morgan fingerprint density at radius 3 is 0.613 bits per heavy atom. The summed E-state index contributed by atoms with van der Waals surface area (Å²) in [6.45, 7) is 57.4. The summed E-state index contributed by atoms with van der Waals surface area (Å²) < 4.78 is 22.3. The van der Waals surface area contributed by atoms with Gasteiger partial charge in [-0.05, 0) is 155 Å². The van der Waals surface area contributed by atoms with Crippen LogP contribution in [0.1, 0.15) is 211 Å². The van der Waals surface area contributed by atoms with Gasteiger partial charge in [-0.15, -0.1) is 0 Å². The van der Waals surface area contributed by atoms with Crippen LogP contribution in [0.15, 0.2) is 97.1 Å². The molecule has 6 aromatic carbocycles. The highest BCUT2D eigenvalue weighted by Crippen LogP contribution is 2.65. The Morgan fingerprint density at radius 2 is 0.467 bits per heavy atom. The SMILES string of the molecule is CC(C)(C)c1ccc(-c2c3c(c(-c4ccc(C(C)(C)C)cc4C(C)(C)C)c(-c4ccc(C(C)(C)C)cc4C(C)(C)C)c2-c2ccc(C(C)(C)C)cc2C(C)(C)C)-c2ccccc2-3)c(C(C)(C)C)c1.O=[PH](O)O[PH](=O)O. The summed E-state index contributed by atoms with van der Waals surface area (Å²) in [5, 5.41) is 0. The first-order valence-corrected chi connectivity index (χ1v) is 29.6. The summed E-state index contributed by atoms with van der Waals surface area (Å²) in [7, 11) is -6.40. The number of fused-ring (bicyclic) bond motifs is 4. The molecule has 6 aromatic rings. The number of rotatable bonds is 6. The van der Waals surface area contributed by atoms with Crippen molar-refractivity contribution in [1.82, 2.24) is 0 Å². The average Bonchev–Trinajstić information content (AvgIpc) is 3.24. The van der Waals surface area contributed by atoms with Crippen molar-refractivity contribution < 1.29 is 23.2 Å². The van der Waals surface area contributed by atoms with E-state index in [1.165, 1.54) is 111 Å². The first-order chi connectivity index (χ1) is 34.0. The minimum Gasteiger partial charge on any atom is -0.326 e. The van der Waals surface area contributed by atoms with Gasteiger partial charge in [-0.1, -0.05) is 263 Å². The van der Waals surface area contributed by atoms with E-state index in [0.717, 1.165) is 0 Å². The number of benzene rings is 6. The Labute approximate surface area is 455 Å². The molecule has 0 saturated heterocycles. The smallest absolute Gasteiger partial charge is 0.323 e. The zero-order valence-electron chi connectivity index (χ0n) is 50.4. The van der Waals surface area contributed by atoms with E-state index >= 15 is 0 Å². The molecule has 1 aliphatic rings. The van der Waals surface area contributed by atoms with E-state index in [0.29, 0.717) is 0 Å². The van der Waals surface area contributed by atoms with E-state index in [4.69, 9.17) is 9.79 Å². The summed E-state index contributed by atoms with van der Waals surface area (Å²) in [6.07, 6.45) is 0. The van der Waals surface area contributed by atoms with Crippen molar-refractivity contribution in [2.45, 2.75) is 209 Å². The Hall–Kier alpha value is -4.34. The molecule has 0 amide bonds. The van der Waals surface area contributed by atoms with E-state index in [2.05, 4.69) is 268 Å². The normalized spacial score (nSPS) is 14.3. The van der Waals surface area contributed by atoms with E-state index in [-0.39, 0.29) is 43.3 Å². The minimum atomic E-state index is -3.20. The van der Waals surface area contributed by atoms with Crippen molar-refractivity contribution in [3.8, 4) is 66.8 Å². The third kappa shape index (κ3) is 12.7. The fourth-order valence-corrected chi connectivity index (χ4v) is 11.3.